The molecule has 0 radical (unpaired) electrons. The average Bonchev–Trinajstić information content (AvgIpc) is 3.07. The highest BCUT2D eigenvalue weighted by atomic mass is 16.2. The molecule has 0 unspecified atom stereocenters. The molecule has 5 nitrogen and oxygen atoms in total. The van der Waals surface area contributed by atoms with Crippen molar-refractivity contribution in [3.05, 3.63) is 36.4 Å². The van der Waals surface area contributed by atoms with Crippen molar-refractivity contribution in [1.29, 1.82) is 0 Å². The van der Waals surface area contributed by atoms with E-state index in [1.54, 1.807) is 11.0 Å². The summed E-state index contributed by atoms with van der Waals surface area (Å²) in [7, 11) is 0. The van der Waals surface area contributed by atoms with E-state index in [2.05, 4.69) is 17.6 Å². The molecule has 1 aliphatic heterocycles. The second-order valence-corrected chi connectivity index (χ2v) is 6.73. The lowest BCUT2D eigenvalue weighted by Gasteiger charge is -2.14. The van der Waals surface area contributed by atoms with Gasteiger partial charge >= 0.3 is 6.03 Å². The van der Waals surface area contributed by atoms with Gasteiger partial charge in [-0.2, -0.15) is 0 Å². The summed E-state index contributed by atoms with van der Waals surface area (Å²) >= 11 is 0. The van der Waals surface area contributed by atoms with Crippen LogP contribution < -0.4 is 15.5 Å². The van der Waals surface area contributed by atoms with E-state index in [1.165, 1.54) is 38.5 Å². The molecule has 5 heteroatoms. The zero-order valence-corrected chi connectivity index (χ0v) is 15.8. The molecule has 0 atom stereocenters. The molecule has 3 amide bonds. The van der Waals surface area contributed by atoms with Gasteiger partial charge < -0.3 is 10.6 Å². The standard InChI is InChI=1S/C21H31N3O2/c1-2-3-4-5-6-7-8-9-10-11-20(25)23-18-12-14-19(15-13-18)24-17-16-22-21(24)26/h10-15H,2-9,16-17H2,1H3,(H,22,26)(H,23,25)/b11-10-. The minimum Gasteiger partial charge on any atom is -0.336 e. The normalized spacial score (nSPS) is 14.0. The molecule has 1 aromatic carbocycles. The van der Waals surface area contributed by atoms with Gasteiger partial charge in [0.15, 0.2) is 0 Å². The molecule has 1 saturated heterocycles. The van der Waals surface area contributed by atoms with Gasteiger partial charge in [0.1, 0.15) is 0 Å². The number of rotatable bonds is 11. The second kappa shape index (κ2) is 11.3. The Hall–Kier alpha value is -2.30. The number of urea groups is 1. The van der Waals surface area contributed by atoms with Crippen LogP contribution in [-0.2, 0) is 4.79 Å². The van der Waals surface area contributed by atoms with Crippen molar-refractivity contribution in [2.75, 3.05) is 23.3 Å². The van der Waals surface area contributed by atoms with Crippen molar-refractivity contribution in [3.63, 3.8) is 0 Å². The summed E-state index contributed by atoms with van der Waals surface area (Å²) in [6.45, 7) is 3.57. The first-order valence-corrected chi connectivity index (χ1v) is 9.83. The smallest absolute Gasteiger partial charge is 0.321 e. The predicted octanol–water partition coefficient (Wildman–Crippen LogP) is 4.85. The van der Waals surface area contributed by atoms with E-state index < -0.39 is 0 Å². The Morgan fingerprint density at radius 3 is 2.46 bits per heavy atom. The molecule has 142 valence electrons. The number of nitrogens with zero attached hydrogens (tertiary/aromatic N) is 1. The molecule has 1 aliphatic rings. The summed E-state index contributed by atoms with van der Waals surface area (Å²) in [5.74, 6) is -0.111. The summed E-state index contributed by atoms with van der Waals surface area (Å²) < 4.78 is 0. The highest BCUT2D eigenvalue weighted by Gasteiger charge is 2.20. The average molecular weight is 357 g/mol. The molecule has 1 fully saturated rings. The van der Waals surface area contributed by atoms with Crippen LogP contribution in [0.1, 0.15) is 58.3 Å². The zero-order valence-electron chi connectivity index (χ0n) is 15.8. The van der Waals surface area contributed by atoms with Gasteiger partial charge in [0.05, 0.1) is 0 Å². The molecule has 26 heavy (non-hydrogen) atoms. The molecule has 1 aromatic rings. The number of allylic oxidation sites excluding steroid dienone is 1. The number of carbonyl (C=O) groups is 2. The fourth-order valence-electron chi connectivity index (χ4n) is 3.04. The Labute approximate surface area is 156 Å². The second-order valence-electron chi connectivity index (χ2n) is 6.73. The lowest BCUT2D eigenvalue weighted by atomic mass is 10.1. The van der Waals surface area contributed by atoms with E-state index in [1.807, 2.05) is 30.3 Å². The Morgan fingerprint density at radius 2 is 1.81 bits per heavy atom. The molecule has 0 aromatic heterocycles. The number of carbonyl (C=O) groups excluding carboxylic acids is 2. The van der Waals surface area contributed by atoms with E-state index >= 15 is 0 Å². The van der Waals surface area contributed by atoms with Crippen LogP contribution in [0, 0.1) is 0 Å². The molecule has 2 N–H and O–H groups in total. The van der Waals surface area contributed by atoms with Crippen molar-refractivity contribution < 1.29 is 9.59 Å². The molecule has 0 bridgehead atoms. The van der Waals surface area contributed by atoms with Crippen molar-refractivity contribution in [2.45, 2.75) is 58.3 Å². The van der Waals surface area contributed by atoms with Gasteiger partial charge in [0.25, 0.3) is 0 Å². The monoisotopic (exact) mass is 357 g/mol. The van der Waals surface area contributed by atoms with Gasteiger partial charge in [0.2, 0.25) is 5.91 Å². The molecule has 2 rings (SSSR count). The molecule has 0 spiro atoms. The van der Waals surface area contributed by atoms with Gasteiger partial charge in [0, 0.05) is 24.5 Å². The van der Waals surface area contributed by atoms with Crippen LogP contribution in [0.3, 0.4) is 0 Å². The summed E-state index contributed by atoms with van der Waals surface area (Å²) in [4.78, 5) is 25.3. The maximum absolute atomic E-state index is 11.9. The number of nitrogens with one attached hydrogen (secondary N) is 2. The maximum Gasteiger partial charge on any atom is 0.321 e. The van der Waals surface area contributed by atoms with Gasteiger partial charge in [-0.15, -0.1) is 0 Å². The first-order valence-electron chi connectivity index (χ1n) is 9.83. The minimum absolute atomic E-state index is 0.0740. The van der Waals surface area contributed by atoms with E-state index in [-0.39, 0.29) is 11.9 Å². The Bertz CT molecular complexity index is 596. The van der Waals surface area contributed by atoms with Crippen molar-refractivity contribution in [2.24, 2.45) is 0 Å². The molecular formula is C21H31N3O2. The first-order chi connectivity index (χ1) is 12.7. The molecule has 0 saturated carbocycles. The lowest BCUT2D eigenvalue weighted by molar-refractivity contribution is -0.111. The minimum atomic E-state index is -0.111. The highest BCUT2D eigenvalue weighted by molar-refractivity contribution is 5.99. The topological polar surface area (TPSA) is 61.4 Å². The Kier molecular flexibility index (Phi) is 8.73. The fraction of sp³-hybridized carbons (Fsp3) is 0.524. The fourth-order valence-corrected chi connectivity index (χ4v) is 3.04. The van der Waals surface area contributed by atoms with Gasteiger partial charge in [-0.25, -0.2) is 4.79 Å². The number of unbranched alkanes of at least 4 members (excludes halogenated alkanes) is 7. The van der Waals surface area contributed by atoms with Crippen LogP contribution in [0.4, 0.5) is 16.2 Å². The van der Waals surface area contributed by atoms with Crippen LogP contribution >= 0.6 is 0 Å². The van der Waals surface area contributed by atoms with Gasteiger partial charge in [-0.05, 0) is 43.2 Å². The van der Waals surface area contributed by atoms with Gasteiger partial charge in [-0.3, -0.25) is 9.69 Å². The third kappa shape index (κ3) is 6.90. The van der Waals surface area contributed by atoms with Crippen molar-refractivity contribution >= 4 is 23.3 Å². The van der Waals surface area contributed by atoms with E-state index in [4.69, 9.17) is 0 Å². The lowest BCUT2D eigenvalue weighted by Crippen LogP contribution is -2.27. The van der Waals surface area contributed by atoms with Crippen molar-refractivity contribution in [1.82, 2.24) is 5.32 Å². The number of hydrogen-bond donors (Lipinski definition) is 2. The van der Waals surface area contributed by atoms with Gasteiger partial charge in [-0.1, -0.05) is 51.5 Å². The number of hydrogen-bond acceptors (Lipinski definition) is 2. The Balaban J connectivity index is 1.63. The third-order valence-corrected chi connectivity index (χ3v) is 4.55. The summed E-state index contributed by atoms with van der Waals surface area (Å²) in [5, 5.41) is 5.62. The molecule has 1 heterocycles. The van der Waals surface area contributed by atoms with Crippen LogP contribution in [0.5, 0.6) is 0 Å². The summed E-state index contributed by atoms with van der Waals surface area (Å²) in [5.41, 5.74) is 1.58. The maximum atomic E-state index is 11.9. The summed E-state index contributed by atoms with van der Waals surface area (Å²) in [6.07, 6.45) is 13.5. The third-order valence-electron chi connectivity index (χ3n) is 4.55. The van der Waals surface area contributed by atoms with Crippen LogP contribution in [0.2, 0.25) is 0 Å². The van der Waals surface area contributed by atoms with Crippen LogP contribution in [-0.4, -0.2) is 25.0 Å². The Morgan fingerprint density at radius 1 is 1.12 bits per heavy atom. The van der Waals surface area contributed by atoms with E-state index in [0.717, 1.165) is 24.2 Å². The number of benzene rings is 1. The highest BCUT2D eigenvalue weighted by Crippen LogP contribution is 2.19. The SMILES string of the molecule is CCCCCCCCC/C=C\C(=O)Nc1ccc(N2CCNC2=O)cc1. The number of anilines is 2. The van der Waals surface area contributed by atoms with Crippen LogP contribution in [0.15, 0.2) is 36.4 Å². The zero-order chi connectivity index (χ0) is 18.6. The number of amides is 3. The molecule has 0 aliphatic carbocycles. The van der Waals surface area contributed by atoms with E-state index in [9.17, 15) is 9.59 Å². The van der Waals surface area contributed by atoms with E-state index in [0.29, 0.717) is 13.1 Å². The largest absolute Gasteiger partial charge is 0.336 e. The summed E-state index contributed by atoms with van der Waals surface area (Å²) in [6, 6.07) is 7.27. The van der Waals surface area contributed by atoms with Crippen LogP contribution in [0.25, 0.3) is 0 Å². The molecular weight excluding hydrogens is 326 g/mol. The predicted molar refractivity (Wildman–Crippen MR) is 108 cm³/mol. The first kappa shape index (κ1) is 20.0. The van der Waals surface area contributed by atoms with Crippen molar-refractivity contribution in [3.8, 4) is 0 Å². The quantitative estimate of drug-likeness (QED) is 0.439.